The Hall–Kier alpha value is -4.10. The van der Waals surface area contributed by atoms with Gasteiger partial charge in [-0.1, -0.05) is 70.5 Å². The monoisotopic (exact) mass is 570 g/mol. The molecule has 5 rings (SSSR count). The van der Waals surface area contributed by atoms with Crippen LogP contribution in [0.15, 0.2) is 95.5 Å². The maximum absolute atomic E-state index is 12.9. The number of carboxylic acid groups (broad SMARTS) is 1. The lowest BCUT2D eigenvalue weighted by Crippen LogP contribution is -2.32. The molecule has 2 N–H and O–H groups in total. The molecule has 1 atom stereocenters. The zero-order valence-electron chi connectivity index (χ0n) is 20.9. The Balaban J connectivity index is 1.29. The van der Waals surface area contributed by atoms with Gasteiger partial charge in [-0.2, -0.15) is 0 Å². The van der Waals surface area contributed by atoms with Crippen LogP contribution in [0.25, 0.3) is 11.1 Å². The van der Waals surface area contributed by atoms with Crippen molar-refractivity contribution in [2.75, 3.05) is 18.1 Å². The third kappa shape index (κ3) is 5.58. The number of hydrogen-bond acceptors (Lipinski definition) is 4. The second kappa shape index (κ2) is 11.1. The quantitative estimate of drug-likeness (QED) is 0.258. The van der Waals surface area contributed by atoms with Gasteiger partial charge in [0, 0.05) is 16.6 Å². The highest BCUT2D eigenvalue weighted by Gasteiger charge is 2.21. The lowest BCUT2D eigenvalue weighted by molar-refractivity contribution is 0.0697. The Bertz CT molecular complexity index is 1470. The predicted molar refractivity (Wildman–Crippen MR) is 152 cm³/mol. The average Bonchev–Trinajstić information content (AvgIpc) is 2.93. The van der Waals surface area contributed by atoms with E-state index in [1.165, 1.54) is 0 Å². The van der Waals surface area contributed by atoms with Crippen LogP contribution in [0, 0.1) is 0 Å². The van der Waals surface area contributed by atoms with Gasteiger partial charge in [0.15, 0.2) is 0 Å². The van der Waals surface area contributed by atoms with E-state index in [1.54, 1.807) is 18.2 Å². The molecule has 38 heavy (non-hydrogen) atoms. The molecule has 0 saturated heterocycles. The highest BCUT2D eigenvalue weighted by Crippen LogP contribution is 2.34. The molecule has 0 fully saturated rings. The number of rotatable bonds is 7. The van der Waals surface area contributed by atoms with Gasteiger partial charge in [0.1, 0.15) is 12.4 Å². The van der Waals surface area contributed by atoms with E-state index in [1.807, 2.05) is 79.7 Å². The summed E-state index contributed by atoms with van der Waals surface area (Å²) in [6.07, 6.45) is 0. The number of nitrogens with one attached hydrogen (secondary N) is 1. The number of anilines is 1. The molecular weight excluding hydrogens is 544 g/mol. The van der Waals surface area contributed by atoms with E-state index in [9.17, 15) is 14.7 Å². The minimum Gasteiger partial charge on any atom is -0.490 e. The highest BCUT2D eigenvalue weighted by atomic mass is 79.9. The number of carbonyl (C=O) groups excluding carboxylic acids is 1. The molecule has 0 aromatic heterocycles. The molecule has 0 aliphatic carbocycles. The SMILES string of the molecule is C[C@H](NC(=O)c1ccc2c(c1)OCCN2Cc1ccc(-c2ccccc2C(=O)O)cc1)c1ccc(Br)cc1. The number of carboxylic acids is 1. The predicted octanol–water partition coefficient (Wildman–Crippen LogP) is 6.70. The number of hydrogen-bond donors (Lipinski definition) is 2. The van der Waals surface area contributed by atoms with Crippen molar-refractivity contribution in [1.29, 1.82) is 0 Å². The molecule has 0 bridgehead atoms. The number of ether oxygens (including phenoxy) is 1. The van der Waals surface area contributed by atoms with E-state index >= 15 is 0 Å². The molecular formula is C31H27BrN2O4. The Morgan fingerprint density at radius 3 is 2.47 bits per heavy atom. The van der Waals surface area contributed by atoms with Crippen LogP contribution in [0.1, 0.15) is 44.8 Å². The Morgan fingerprint density at radius 2 is 1.74 bits per heavy atom. The second-order valence-electron chi connectivity index (χ2n) is 9.25. The fraction of sp³-hybridized carbons (Fsp3) is 0.161. The summed E-state index contributed by atoms with van der Waals surface area (Å²) in [7, 11) is 0. The summed E-state index contributed by atoms with van der Waals surface area (Å²) in [4.78, 5) is 26.8. The van der Waals surface area contributed by atoms with Gasteiger partial charge in [-0.05, 0) is 65.6 Å². The molecule has 192 valence electrons. The Morgan fingerprint density at radius 1 is 1.00 bits per heavy atom. The van der Waals surface area contributed by atoms with Crippen LogP contribution in [0.3, 0.4) is 0 Å². The standard InChI is InChI=1S/C31H27BrN2O4/c1-20(22-10-13-25(32)14-11-22)33-30(35)24-12-15-28-29(18-24)38-17-16-34(28)19-21-6-8-23(9-7-21)26-4-2-3-5-27(26)31(36)37/h2-15,18,20H,16-17,19H2,1H3,(H,33,35)(H,36,37)/t20-/m0/s1. The van der Waals surface area contributed by atoms with E-state index in [4.69, 9.17) is 4.74 Å². The molecule has 1 heterocycles. The zero-order valence-corrected chi connectivity index (χ0v) is 22.4. The van der Waals surface area contributed by atoms with Gasteiger partial charge in [0.25, 0.3) is 5.91 Å². The van der Waals surface area contributed by atoms with Crippen LogP contribution in [0.4, 0.5) is 5.69 Å². The molecule has 0 saturated carbocycles. The van der Waals surface area contributed by atoms with Gasteiger partial charge >= 0.3 is 5.97 Å². The third-order valence-corrected chi connectivity index (χ3v) is 7.22. The van der Waals surface area contributed by atoms with Crippen molar-refractivity contribution in [2.24, 2.45) is 0 Å². The van der Waals surface area contributed by atoms with Gasteiger partial charge < -0.3 is 20.1 Å². The van der Waals surface area contributed by atoms with Gasteiger partial charge in [0.2, 0.25) is 0 Å². The number of benzene rings is 4. The molecule has 1 aliphatic heterocycles. The molecule has 1 amide bonds. The maximum atomic E-state index is 12.9. The third-order valence-electron chi connectivity index (χ3n) is 6.69. The summed E-state index contributed by atoms with van der Waals surface area (Å²) >= 11 is 3.44. The number of nitrogens with zero attached hydrogens (tertiary/aromatic N) is 1. The summed E-state index contributed by atoms with van der Waals surface area (Å²) in [6, 6.07) is 28.3. The number of halogens is 1. The van der Waals surface area contributed by atoms with Crippen molar-refractivity contribution in [2.45, 2.75) is 19.5 Å². The zero-order chi connectivity index (χ0) is 26.6. The van der Waals surface area contributed by atoms with Crippen molar-refractivity contribution in [1.82, 2.24) is 5.32 Å². The van der Waals surface area contributed by atoms with Crippen molar-refractivity contribution >= 4 is 33.5 Å². The first-order valence-corrected chi connectivity index (χ1v) is 13.2. The van der Waals surface area contributed by atoms with Crippen LogP contribution in [-0.2, 0) is 6.54 Å². The number of amides is 1. The molecule has 1 aliphatic rings. The van der Waals surface area contributed by atoms with E-state index in [0.29, 0.717) is 30.0 Å². The van der Waals surface area contributed by atoms with Gasteiger partial charge in [-0.25, -0.2) is 4.79 Å². The van der Waals surface area contributed by atoms with Gasteiger partial charge in [0.05, 0.1) is 23.8 Å². The van der Waals surface area contributed by atoms with Crippen LogP contribution in [0.5, 0.6) is 5.75 Å². The lowest BCUT2D eigenvalue weighted by atomic mass is 9.98. The topological polar surface area (TPSA) is 78.9 Å². The summed E-state index contributed by atoms with van der Waals surface area (Å²) in [5.74, 6) is -0.404. The van der Waals surface area contributed by atoms with Crippen molar-refractivity contribution < 1.29 is 19.4 Å². The molecule has 0 spiro atoms. The first-order valence-electron chi connectivity index (χ1n) is 12.4. The van der Waals surface area contributed by atoms with E-state index in [0.717, 1.165) is 33.4 Å². The van der Waals surface area contributed by atoms with Crippen LogP contribution in [-0.4, -0.2) is 30.1 Å². The highest BCUT2D eigenvalue weighted by molar-refractivity contribution is 9.10. The smallest absolute Gasteiger partial charge is 0.336 e. The minimum absolute atomic E-state index is 0.130. The van der Waals surface area contributed by atoms with Gasteiger partial charge in [-0.3, -0.25) is 4.79 Å². The molecule has 6 nitrogen and oxygen atoms in total. The Labute approximate surface area is 230 Å². The van der Waals surface area contributed by atoms with E-state index in [-0.39, 0.29) is 17.5 Å². The van der Waals surface area contributed by atoms with Crippen LogP contribution in [0.2, 0.25) is 0 Å². The van der Waals surface area contributed by atoms with Crippen molar-refractivity contribution in [3.63, 3.8) is 0 Å². The largest absolute Gasteiger partial charge is 0.490 e. The molecule has 7 heteroatoms. The summed E-state index contributed by atoms with van der Waals surface area (Å²) in [5, 5.41) is 12.6. The van der Waals surface area contributed by atoms with Crippen molar-refractivity contribution in [3.05, 3.63) is 118 Å². The van der Waals surface area contributed by atoms with E-state index in [2.05, 4.69) is 26.1 Å². The molecule has 0 radical (unpaired) electrons. The minimum atomic E-state index is -0.939. The molecule has 4 aromatic carbocycles. The fourth-order valence-electron chi connectivity index (χ4n) is 4.63. The lowest BCUT2D eigenvalue weighted by Gasteiger charge is -2.31. The first-order chi connectivity index (χ1) is 18.4. The van der Waals surface area contributed by atoms with Crippen molar-refractivity contribution in [3.8, 4) is 16.9 Å². The number of fused-ring (bicyclic) bond motifs is 1. The molecule has 4 aromatic rings. The van der Waals surface area contributed by atoms with Crippen LogP contribution < -0.4 is 15.0 Å². The first kappa shape index (κ1) is 25.5. The average molecular weight is 571 g/mol. The second-order valence-corrected chi connectivity index (χ2v) is 10.2. The normalized spacial score (nSPS) is 13.3. The summed E-state index contributed by atoms with van der Waals surface area (Å²) in [5.41, 5.74) is 5.46. The Kier molecular flexibility index (Phi) is 7.47. The molecule has 0 unspecified atom stereocenters. The van der Waals surface area contributed by atoms with Crippen LogP contribution >= 0.6 is 15.9 Å². The van der Waals surface area contributed by atoms with Gasteiger partial charge in [-0.15, -0.1) is 0 Å². The summed E-state index contributed by atoms with van der Waals surface area (Å²) in [6.45, 7) is 3.88. The number of aromatic carboxylic acids is 1. The number of carbonyl (C=O) groups is 2. The maximum Gasteiger partial charge on any atom is 0.336 e. The summed E-state index contributed by atoms with van der Waals surface area (Å²) < 4.78 is 6.91. The fourth-order valence-corrected chi connectivity index (χ4v) is 4.89. The van der Waals surface area contributed by atoms with E-state index < -0.39 is 5.97 Å².